The van der Waals surface area contributed by atoms with E-state index in [1.807, 2.05) is 6.92 Å². The van der Waals surface area contributed by atoms with Crippen LogP contribution in [0.15, 0.2) is 10.5 Å². The molecule has 0 radical (unpaired) electrons. The first-order chi connectivity index (χ1) is 12.9. The maximum atomic E-state index is 12.2. The quantitative estimate of drug-likeness (QED) is 0.570. The molecule has 0 unspecified atom stereocenters. The summed E-state index contributed by atoms with van der Waals surface area (Å²) < 4.78 is 2.10. The number of thiophene rings is 1. The second kappa shape index (κ2) is 8.49. The van der Waals surface area contributed by atoms with Crippen LogP contribution < -0.4 is 5.32 Å². The molecule has 1 N–H and O–H groups in total. The maximum Gasteiger partial charge on any atom is 0.236 e. The SMILES string of the molecule is CCc1c(-c2nnc(SCC(=O)Nc3nnc(C)s3)n2C(C)C)csc1C. The Bertz CT molecular complexity index is 943. The molecule has 3 aromatic heterocycles. The van der Waals surface area contributed by atoms with Gasteiger partial charge in [0.05, 0.1) is 5.75 Å². The molecule has 3 aromatic rings. The van der Waals surface area contributed by atoms with E-state index in [9.17, 15) is 4.79 Å². The highest BCUT2D eigenvalue weighted by atomic mass is 32.2. The highest BCUT2D eigenvalue weighted by molar-refractivity contribution is 7.99. The Morgan fingerprint density at radius 1 is 1.26 bits per heavy atom. The van der Waals surface area contributed by atoms with E-state index < -0.39 is 0 Å². The molecular formula is C17H22N6OS3. The molecule has 3 heterocycles. The number of hydrogen-bond donors (Lipinski definition) is 1. The first-order valence-corrected chi connectivity index (χ1v) is 11.3. The van der Waals surface area contributed by atoms with E-state index >= 15 is 0 Å². The summed E-state index contributed by atoms with van der Waals surface area (Å²) in [4.78, 5) is 13.5. The number of thioether (sulfide) groups is 1. The van der Waals surface area contributed by atoms with Crippen molar-refractivity contribution >= 4 is 45.5 Å². The smallest absolute Gasteiger partial charge is 0.236 e. The van der Waals surface area contributed by atoms with Crippen LogP contribution in [0.4, 0.5) is 5.13 Å². The zero-order chi connectivity index (χ0) is 19.6. The van der Waals surface area contributed by atoms with Crippen molar-refractivity contribution < 1.29 is 4.79 Å². The van der Waals surface area contributed by atoms with Gasteiger partial charge in [-0.3, -0.25) is 14.7 Å². The molecule has 0 spiro atoms. The summed E-state index contributed by atoms with van der Waals surface area (Å²) in [5, 5.41) is 23.6. The van der Waals surface area contributed by atoms with E-state index in [2.05, 4.69) is 63.4 Å². The lowest BCUT2D eigenvalue weighted by molar-refractivity contribution is -0.113. The van der Waals surface area contributed by atoms with Crippen LogP contribution in [0, 0.1) is 13.8 Å². The molecule has 10 heteroatoms. The number of rotatable bonds is 7. The van der Waals surface area contributed by atoms with Crippen molar-refractivity contribution in [3.63, 3.8) is 0 Å². The third kappa shape index (κ3) is 4.39. The molecule has 0 aliphatic rings. The summed E-state index contributed by atoms with van der Waals surface area (Å²) >= 11 is 4.48. The second-order valence-corrected chi connectivity index (χ2v) is 9.48. The van der Waals surface area contributed by atoms with E-state index in [-0.39, 0.29) is 17.7 Å². The van der Waals surface area contributed by atoms with Crippen molar-refractivity contribution in [3.05, 3.63) is 20.8 Å². The molecule has 0 aliphatic heterocycles. The summed E-state index contributed by atoms with van der Waals surface area (Å²) in [7, 11) is 0. The number of aryl methyl sites for hydroxylation is 2. The summed E-state index contributed by atoms with van der Waals surface area (Å²) in [6.45, 7) is 10.4. The fourth-order valence-electron chi connectivity index (χ4n) is 2.76. The van der Waals surface area contributed by atoms with Gasteiger partial charge in [-0.15, -0.1) is 31.7 Å². The van der Waals surface area contributed by atoms with Crippen molar-refractivity contribution in [1.82, 2.24) is 25.0 Å². The van der Waals surface area contributed by atoms with Gasteiger partial charge < -0.3 is 0 Å². The third-order valence-electron chi connectivity index (χ3n) is 3.98. The summed E-state index contributed by atoms with van der Waals surface area (Å²) in [5.74, 6) is 0.984. The van der Waals surface area contributed by atoms with Gasteiger partial charge in [-0.1, -0.05) is 30.0 Å². The van der Waals surface area contributed by atoms with E-state index in [1.54, 1.807) is 11.3 Å². The average molecular weight is 423 g/mol. The Hall–Kier alpha value is -1.78. The number of hydrogen-bond acceptors (Lipinski definition) is 8. The Morgan fingerprint density at radius 3 is 2.67 bits per heavy atom. The van der Waals surface area contributed by atoms with Gasteiger partial charge in [0.2, 0.25) is 11.0 Å². The van der Waals surface area contributed by atoms with Crippen molar-refractivity contribution in [2.24, 2.45) is 0 Å². The van der Waals surface area contributed by atoms with Crippen molar-refractivity contribution in [2.45, 2.75) is 52.2 Å². The van der Waals surface area contributed by atoms with Crippen molar-refractivity contribution in [2.75, 3.05) is 11.1 Å². The van der Waals surface area contributed by atoms with Crippen LogP contribution in [-0.4, -0.2) is 36.6 Å². The number of carbonyl (C=O) groups excluding carboxylic acids is 1. The molecule has 0 fully saturated rings. The fraction of sp³-hybridized carbons (Fsp3) is 0.471. The Labute approximate surface area is 170 Å². The van der Waals surface area contributed by atoms with Crippen molar-refractivity contribution in [3.8, 4) is 11.4 Å². The minimum atomic E-state index is -0.128. The summed E-state index contributed by atoms with van der Waals surface area (Å²) in [6.07, 6.45) is 0.960. The van der Waals surface area contributed by atoms with Gasteiger partial charge in [-0.2, -0.15) is 0 Å². The van der Waals surface area contributed by atoms with Gasteiger partial charge in [-0.05, 0) is 39.7 Å². The van der Waals surface area contributed by atoms with Crippen molar-refractivity contribution in [1.29, 1.82) is 0 Å². The highest BCUT2D eigenvalue weighted by Gasteiger charge is 2.21. The van der Waals surface area contributed by atoms with Crippen LogP contribution >= 0.6 is 34.4 Å². The minimum Gasteiger partial charge on any atom is -0.300 e. The molecule has 0 saturated carbocycles. The lowest BCUT2D eigenvalue weighted by atomic mass is 10.1. The molecule has 0 aliphatic carbocycles. The standard InChI is InChI=1S/C17H22N6OS3/c1-6-12-10(4)25-7-13(12)15-20-22-17(23(15)9(2)3)26-8-14(24)18-16-21-19-11(5)27-16/h7,9H,6,8H2,1-5H3,(H,18,21,24). The predicted molar refractivity (Wildman–Crippen MR) is 112 cm³/mol. The number of nitrogens with zero attached hydrogens (tertiary/aromatic N) is 5. The summed E-state index contributed by atoms with van der Waals surface area (Å²) in [6, 6.07) is 0.191. The number of anilines is 1. The van der Waals surface area contributed by atoms with Crippen LogP contribution in [0.3, 0.4) is 0 Å². The minimum absolute atomic E-state index is 0.128. The Balaban J connectivity index is 1.78. The fourth-order valence-corrected chi connectivity index (χ4v) is 5.18. The lowest BCUT2D eigenvalue weighted by Crippen LogP contribution is -2.15. The molecule has 1 amide bonds. The zero-order valence-corrected chi connectivity index (χ0v) is 18.4. The van der Waals surface area contributed by atoms with E-state index in [0.717, 1.165) is 28.0 Å². The predicted octanol–water partition coefficient (Wildman–Crippen LogP) is 4.35. The summed E-state index contributed by atoms with van der Waals surface area (Å²) in [5.41, 5.74) is 2.46. The van der Waals surface area contributed by atoms with E-state index in [4.69, 9.17) is 0 Å². The molecule has 144 valence electrons. The molecule has 0 saturated heterocycles. The lowest BCUT2D eigenvalue weighted by Gasteiger charge is -2.14. The van der Waals surface area contributed by atoms with Gasteiger partial charge in [0.1, 0.15) is 5.01 Å². The normalized spacial score (nSPS) is 11.3. The largest absolute Gasteiger partial charge is 0.300 e. The maximum absolute atomic E-state index is 12.2. The molecule has 0 aromatic carbocycles. The topological polar surface area (TPSA) is 85.6 Å². The van der Waals surface area contributed by atoms with Gasteiger partial charge in [0, 0.05) is 21.9 Å². The van der Waals surface area contributed by atoms with Gasteiger partial charge in [0.15, 0.2) is 11.0 Å². The first kappa shape index (κ1) is 20.0. The molecule has 27 heavy (non-hydrogen) atoms. The number of amides is 1. The third-order valence-corrected chi connectivity index (χ3v) is 6.63. The van der Waals surface area contributed by atoms with Crippen LogP contribution in [0.25, 0.3) is 11.4 Å². The van der Waals surface area contributed by atoms with Crippen LogP contribution in [0.1, 0.15) is 42.3 Å². The van der Waals surface area contributed by atoms with Gasteiger partial charge >= 0.3 is 0 Å². The van der Waals surface area contributed by atoms with Crippen LogP contribution in [0.5, 0.6) is 0 Å². The van der Waals surface area contributed by atoms with E-state index in [1.165, 1.54) is 33.5 Å². The molecule has 3 rings (SSSR count). The average Bonchev–Trinajstić information content (AvgIpc) is 3.31. The Morgan fingerprint density at radius 2 is 2.04 bits per heavy atom. The second-order valence-electron chi connectivity index (χ2n) is 6.27. The molecule has 0 bridgehead atoms. The highest BCUT2D eigenvalue weighted by Crippen LogP contribution is 2.34. The number of carbonyl (C=O) groups is 1. The van der Waals surface area contributed by atoms with Crippen LogP contribution in [0.2, 0.25) is 0 Å². The molecular weight excluding hydrogens is 400 g/mol. The number of aromatic nitrogens is 5. The number of nitrogens with one attached hydrogen (secondary N) is 1. The monoisotopic (exact) mass is 422 g/mol. The first-order valence-electron chi connectivity index (χ1n) is 8.65. The van der Waals surface area contributed by atoms with Crippen LogP contribution in [-0.2, 0) is 11.2 Å². The zero-order valence-electron chi connectivity index (χ0n) is 15.9. The Kier molecular flexibility index (Phi) is 6.28. The molecule has 0 atom stereocenters. The van der Waals surface area contributed by atoms with E-state index in [0.29, 0.717) is 5.13 Å². The molecule has 7 nitrogen and oxygen atoms in total. The van der Waals surface area contributed by atoms with Gasteiger partial charge in [0.25, 0.3) is 0 Å². The van der Waals surface area contributed by atoms with Gasteiger partial charge in [-0.25, -0.2) is 0 Å².